The smallest absolute Gasteiger partial charge is 0.321 e. The van der Waals surface area contributed by atoms with E-state index < -0.39 is 6.03 Å². The van der Waals surface area contributed by atoms with Crippen molar-refractivity contribution in [3.8, 4) is 0 Å². The van der Waals surface area contributed by atoms with Gasteiger partial charge in [0.05, 0.1) is 22.3 Å². The number of nitrogens with zero attached hydrogens (tertiary/aromatic N) is 2. The molecule has 0 aliphatic carbocycles. The van der Waals surface area contributed by atoms with Gasteiger partial charge in [0.15, 0.2) is 0 Å². The van der Waals surface area contributed by atoms with Crippen molar-refractivity contribution < 1.29 is 9.59 Å². The van der Waals surface area contributed by atoms with E-state index in [1.807, 2.05) is 39.0 Å². The Kier molecular flexibility index (Phi) is 5.88. The molecule has 0 bridgehead atoms. The lowest BCUT2D eigenvalue weighted by Crippen LogP contribution is -2.49. The van der Waals surface area contributed by atoms with Gasteiger partial charge in [0.25, 0.3) is 0 Å². The Bertz CT molecular complexity index is 756. The maximum atomic E-state index is 12.5. The standard InChI is InChI=1S/C19H26N4O2S/c1-12(2)11-20-19(25)22-17(24)13(3)23-10-6-8-15(23)18-21-14-7-4-5-9-16(14)26-18/h4-5,7,9,12-13,15H,6,8,10-11H2,1-3H3,(H2,20,22,24,25). The van der Waals surface area contributed by atoms with Gasteiger partial charge in [-0.15, -0.1) is 11.3 Å². The largest absolute Gasteiger partial charge is 0.338 e. The van der Waals surface area contributed by atoms with Crippen LogP contribution in [0.25, 0.3) is 10.2 Å². The highest BCUT2D eigenvalue weighted by Gasteiger charge is 2.35. The zero-order valence-corrected chi connectivity index (χ0v) is 16.3. The Morgan fingerprint density at radius 3 is 2.81 bits per heavy atom. The van der Waals surface area contributed by atoms with E-state index in [1.54, 1.807) is 11.3 Å². The second-order valence-electron chi connectivity index (χ2n) is 7.18. The molecule has 2 atom stereocenters. The molecular weight excluding hydrogens is 348 g/mol. The van der Waals surface area contributed by atoms with E-state index >= 15 is 0 Å². The number of carbonyl (C=O) groups excluding carboxylic acids is 2. The van der Waals surface area contributed by atoms with Crippen LogP contribution in [0, 0.1) is 5.92 Å². The molecule has 7 heteroatoms. The lowest BCUT2D eigenvalue weighted by molar-refractivity contribution is -0.125. The molecule has 2 unspecified atom stereocenters. The zero-order chi connectivity index (χ0) is 18.7. The summed E-state index contributed by atoms with van der Waals surface area (Å²) in [6.07, 6.45) is 2.01. The van der Waals surface area contributed by atoms with E-state index in [9.17, 15) is 9.59 Å². The van der Waals surface area contributed by atoms with Crippen LogP contribution in [0.1, 0.15) is 44.7 Å². The first-order chi connectivity index (χ1) is 12.5. The number of hydrogen-bond donors (Lipinski definition) is 2. The number of para-hydroxylation sites is 1. The van der Waals surface area contributed by atoms with E-state index in [0.717, 1.165) is 29.9 Å². The molecule has 2 aromatic rings. The molecule has 1 saturated heterocycles. The van der Waals surface area contributed by atoms with Crippen molar-refractivity contribution in [2.45, 2.75) is 45.7 Å². The molecular formula is C19H26N4O2S. The normalized spacial score (nSPS) is 19.0. The summed E-state index contributed by atoms with van der Waals surface area (Å²) in [7, 11) is 0. The van der Waals surface area contributed by atoms with Gasteiger partial charge in [-0.3, -0.25) is 15.0 Å². The maximum Gasteiger partial charge on any atom is 0.321 e. The van der Waals surface area contributed by atoms with Gasteiger partial charge in [0.2, 0.25) is 5.91 Å². The monoisotopic (exact) mass is 374 g/mol. The summed E-state index contributed by atoms with van der Waals surface area (Å²) in [6, 6.07) is 7.43. The highest BCUT2D eigenvalue weighted by atomic mass is 32.1. The van der Waals surface area contributed by atoms with Crippen LogP contribution in [0.3, 0.4) is 0 Å². The first-order valence-electron chi connectivity index (χ1n) is 9.15. The highest BCUT2D eigenvalue weighted by Crippen LogP contribution is 2.37. The van der Waals surface area contributed by atoms with Crippen LogP contribution in [-0.4, -0.2) is 41.0 Å². The van der Waals surface area contributed by atoms with Crippen molar-refractivity contribution in [3.63, 3.8) is 0 Å². The summed E-state index contributed by atoms with van der Waals surface area (Å²) in [5.74, 6) is 0.0783. The summed E-state index contributed by atoms with van der Waals surface area (Å²) >= 11 is 1.69. The molecule has 26 heavy (non-hydrogen) atoms. The summed E-state index contributed by atoms with van der Waals surface area (Å²) < 4.78 is 1.17. The van der Waals surface area contributed by atoms with Gasteiger partial charge in [-0.2, -0.15) is 0 Å². The molecule has 140 valence electrons. The van der Waals surface area contributed by atoms with Gasteiger partial charge in [-0.25, -0.2) is 9.78 Å². The Morgan fingerprint density at radius 2 is 2.08 bits per heavy atom. The minimum Gasteiger partial charge on any atom is -0.338 e. The highest BCUT2D eigenvalue weighted by molar-refractivity contribution is 7.18. The minimum absolute atomic E-state index is 0.131. The van der Waals surface area contributed by atoms with E-state index in [2.05, 4.69) is 21.6 Å². The number of fused-ring (bicyclic) bond motifs is 1. The van der Waals surface area contributed by atoms with Crippen molar-refractivity contribution in [1.82, 2.24) is 20.5 Å². The van der Waals surface area contributed by atoms with Gasteiger partial charge >= 0.3 is 6.03 Å². The number of amides is 3. The summed E-state index contributed by atoms with van der Waals surface area (Å²) in [5.41, 5.74) is 1.00. The third-order valence-electron chi connectivity index (χ3n) is 4.67. The number of thiazole rings is 1. The number of likely N-dealkylation sites (tertiary alicyclic amines) is 1. The quantitative estimate of drug-likeness (QED) is 0.842. The Hall–Kier alpha value is -1.99. The van der Waals surface area contributed by atoms with Crippen LogP contribution >= 0.6 is 11.3 Å². The Labute approximate surface area is 158 Å². The number of imide groups is 1. The third-order valence-corrected chi connectivity index (χ3v) is 5.81. The fourth-order valence-corrected chi connectivity index (χ4v) is 4.38. The maximum absolute atomic E-state index is 12.5. The van der Waals surface area contributed by atoms with Crippen molar-refractivity contribution in [3.05, 3.63) is 29.3 Å². The average Bonchev–Trinajstić information content (AvgIpc) is 3.25. The zero-order valence-electron chi connectivity index (χ0n) is 15.5. The molecule has 2 heterocycles. The van der Waals surface area contributed by atoms with E-state index in [4.69, 9.17) is 4.98 Å². The Balaban J connectivity index is 1.66. The van der Waals surface area contributed by atoms with Crippen molar-refractivity contribution >= 4 is 33.5 Å². The van der Waals surface area contributed by atoms with Crippen LogP contribution < -0.4 is 10.6 Å². The molecule has 1 aliphatic heterocycles. The molecule has 3 rings (SSSR count). The number of rotatable bonds is 5. The van der Waals surface area contributed by atoms with Gasteiger partial charge in [0.1, 0.15) is 5.01 Å². The Morgan fingerprint density at radius 1 is 1.31 bits per heavy atom. The van der Waals surface area contributed by atoms with Gasteiger partial charge in [0, 0.05) is 6.54 Å². The molecule has 1 aliphatic rings. The van der Waals surface area contributed by atoms with Crippen molar-refractivity contribution in [2.75, 3.05) is 13.1 Å². The van der Waals surface area contributed by atoms with E-state index in [-0.39, 0.29) is 18.0 Å². The summed E-state index contributed by atoms with van der Waals surface area (Å²) in [5, 5.41) is 6.23. The molecule has 0 spiro atoms. The van der Waals surface area contributed by atoms with Gasteiger partial charge in [-0.1, -0.05) is 26.0 Å². The fourth-order valence-electron chi connectivity index (χ4n) is 3.26. The summed E-state index contributed by atoms with van der Waals surface area (Å²) in [6.45, 7) is 7.26. The van der Waals surface area contributed by atoms with Crippen LogP contribution in [0.4, 0.5) is 4.79 Å². The molecule has 3 amide bonds. The van der Waals surface area contributed by atoms with Crippen LogP contribution in [0.15, 0.2) is 24.3 Å². The van der Waals surface area contributed by atoms with Crippen LogP contribution in [0.2, 0.25) is 0 Å². The lowest BCUT2D eigenvalue weighted by atomic mass is 10.2. The number of hydrogen-bond acceptors (Lipinski definition) is 5. The lowest BCUT2D eigenvalue weighted by Gasteiger charge is -2.28. The third kappa shape index (κ3) is 4.22. The van der Waals surface area contributed by atoms with Gasteiger partial charge < -0.3 is 5.32 Å². The molecule has 0 saturated carbocycles. The topological polar surface area (TPSA) is 74.3 Å². The molecule has 6 nitrogen and oxygen atoms in total. The molecule has 1 aromatic carbocycles. The SMILES string of the molecule is CC(C)CNC(=O)NC(=O)C(C)N1CCCC1c1nc2ccccc2s1. The number of carbonyl (C=O) groups is 2. The molecule has 1 aromatic heterocycles. The molecule has 2 N–H and O–H groups in total. The average molecular weight is 375 g/mol. The molecule has 0 radical (unpaired) electrons. The molecule has 1 fully saturated rings. The number of nitrogens with one attached hydrogen (secondary N) is 2. The number of aromatic nitrogens is 1. The second-order valence-corrected chi connectivity index (χ2v) is 8.25. The number of benzene rings is 1. The van der Waals surface area contributed by atoms with Crippen LogP contribution in [0.5, 0.6) is 0 Å². The van der Waals surface area contributed by atoms with Crippen molar-refractivity contribution in [1.29, 1.82) is 0 Å². The van der Waals surface area contributed by atoms with Crippen LogP contribution in [-0.2, 0) is 4.79 Å². The van der Waals surface area contributed by atoms with Crippen molar-refractivity contribution in [2.24, 2.45) is 5.92 Å². The predicted octanol–water partition coefficient (Wildman–Crippen LogP) is 3.30. The number of urea groups is 1. The predicted molar refractivity (Wildman–Crippen MR) is 104 cm³/mol. The summed E-state index contributed by atoms with van der Waals surface area (Å²) in [4.78, 5) is 31.3. The van der Waals surface area contributed by atoms with E-state index in [0.29, 0.717) is 12.5 Å². The van der Waals surface area contributed by atoms with Gasteiger partial charge in [-0.05, 0) is 44.4 Å². The first-order valence-corrected chi connectivity index (χ1v) is 9.97. The fraction of sp³-hybridized carbons (Fsp3) is 0.526. The first kappa shape index (κ1) is 18.8. The minimum atomic E-state index is -0.425. The second kappa shape index (κ2) is 8.14. The van der Waals surface area contributed by atoms with E-state index in [1.165, 1.54) is 4.70 Å².